The molecule has 0 aliphatic carbocycles. The predicted molar refractivity (Wildman–Crippen MR) is 68.5 cm³/mol. The van der Waals surface area contributed by atoms with Gasteiger partial charge in [0.25, 0.3) is 0 Å². The minimum Gasteiger partial charge on any atom is -0.252 e. The lowest BCUT2D eigenvalue weighted by molar-refractivity contribution is 0.632. The summed E-state index contributed by atoms with van der Waals surface area (Å²) in [5, 5.41) is 0.814. The summed E-state index contributed by atoms with van der Waals surface area (Å²) in [5.74, 6) is -0.347. The van der Waals surface area contributed by atoms with Crippen LogP contribution >= 0.6 is 27.5 Å². The average Bonchev–Trinajstić information content (AvgIpc) is 2.25. The Morgan fingerprint density at radius 3 is 2.75 bits per heavy atom. The fourth-order valence-corrected chi connectivity index (χ4v) is 2.52. The van der Waals surface area contributed by atoms with E-state index < -0.39 is 0 Å². The zero-order chi connectivity index (χ0) is 11.9. The van der Waals surface area contributed by atoms with Gasteiger partial charge in [0, 0.05) is 5.69 Å². The summed E-state index contributed by atoms with van der Waals surface area (Å²) in [6, 6.07) is 3.44. The van der Waals surface area contributed by atoms with Crippen molar-refractivity contribution in [1.82, 2.24) is 4.98 Å². The van der Waals surface area contributed by atoms with E-state index in [1.54, 1.807) is 12.1 Å². The number of hydrogen-bond acceptors (Lipinski definition) is 1. The first-order valence-corrected chi connectivity index (χ1v) is 6.15. The third kappa shape index (κ3) is 1.82. The van der Waals surface area contributed by atoms with Crippen molar-refractivity contribution < 1.29 is 4.39 Å². The van der Waals surface area contributed by atoms with E-state index >= 15 is 0 Å². The lowest BCUT2D eigenvalue weighted by atomic mass is 10.1. The van der Waals surface area contributed by atoms with Crippen LogP contribution in [0.1, 0.15) is 18.2 Å². The number of aromatic nitrogens is 1. The summed E-state index contributed by atoms with van der Waals surface area (Å²) in [6.07, 6.45) is 0.785. The minimum absolute atomic E-state index is 0.347. The first-order valence-electron chi connectivity index (χ1n) is 4.98. The molecule has 0 aliphatic rings. The van der Waals surface area contributed by atoms with Gasteiger partial charge >= 0.3 is 0 Å². The second-order valence-corrected chi connectivity index (χ2v) is 4.92. The maximum atomic E-state index is 13.9. The lowest BCUT2D eigenvalue weighted by Gasteiger charge is -2.08. The molecule has 2 rings (SSSR count). The van der Waals surface area contributed by atoms with Crippen molar-refractivity contribution >= 4 is 38.4 Å². The summed E-state index contributed by atoms with van der Waals surface area (Å²) >= 11 is 9.26. The second kappa shape index (κ2) is 4.30. The number of halogens is 3. The van der Waals surface area contributed by atoms with Gasteiger partial charge in [-0.25, -0.2) is 4.39 Å². The van der Waals surface area contributed by atoms with Crippen molar-refractivity contribution in [2.75, 3.05) is 0 Å². The number of fused-ring (bicyclic) bond motifs is 1. The van der Waals surface area contributed by atoms with E-state index in [9.17, 15) is 4.39 Å². The molecule has 0 bridgehead atoms. The summed E-state index contributed by atoms with van der Waals surface area (Å²) in [6.45, 7) is 3.89. The molecular formula is C12H10BrClFN. The Morgan fingerprint density at radius 1 is 1.44 bits per heavy atom. The monoisotopic (exact) mass is 301 g/mol. The van der Waals surface area contributed by atoms with Gasteiger partial charge < -0.3 is 0 Å². The molecule has 0 saturated carbocycles. The van der Waals surface area contributed by atoms with E-state index in [2.05, 4.69) is 20.9 Å². The molecule has 0 atom stereocenters. The van der Waals surface area contributed by atoms with Crippen LogP contribution in [0.15, 0.2) is 16.6 Å². The molecule has 0 aliphatic heterocycles. The zero-order valence-corrected chi connectivity index (χ0v) is 11.3. The maximum absolute atomic E-state index is 13.9. The fraction of sp³-hybridized carbons (Fsp3) is 0.250. The molecule has 1 aromatic heterocycles. The van der Waals surface area contributed by atoms with E-state index in [1.165, 1.54) is 0 Å². The van der Waals surface area contributed by atoms with Gasteiger partial charge in [0.1, 0.15) is 5.82 Å². The van der Waals surface area contributed by atoms with E-state index in [0.717, 1.165) is 17.7 Å². The Balaban J connectivity index is 2.94. The molecule has 4 heteroatoms. The molecule has 1 heterocycles. The van der Waals surface area contributed by atoms with Crippen LogP contribution in [-0.2, 0) is 6.42 Å². The lowest BCUT2D eigenvalue weighted by Crippen LogP contribution is -1.94. The molecule has 0 fully saturated rings. The Morgan fingerprint density at radius 2 is 2.12 bits per heavy atom. The van der Waals surface area contributed by atoms with Gasteiger partial charge in [-0.3, -0.25) is 4.98 Å². The highest BCUT2D eigenvalue weighted by atomic mass is 79.9. The standard InChI is InChI=1S/C12H10BrClFN/c1-3-7-5-9(14)10-11(15)8(13)4-6(2)12(10)16-7/h4-5H,3H2,1-2H3. The average molecular weight is 303 g/mol. The summed E-state index contributed by atoms with van der Waals surface area (Å²) < 4.78 is 14.3. The van der Waals surface area contributed by atoms with Crippen LogP contribution in [0.5, 0.6) is 0 Å². The number of hydrogen-bond donors (Lipinski definition) is 0. The Kier molecular flexibility index (Phi) is 3.17. The van der Waals surface area contributed by atoms with Gasteiger partial charge in [0.15, 0.2) is 0 Å². The zero-order valence-electron chi connectivity index (χ0n) is 8.94. The Labute approximate surface area is 107 Å². The molecule has 0 spiro atoms. The van der Waals surface area contributed by atoms with Crippen molar-refractivity contribution in [1.29, 1.82) is 0 Å². The van der Waals surface area contributed by atoms with Crippen LogP contribution in [0.3, 0.4) is 0 Å². The van der Waals surface area contributed by atoms with Crippen LogP contribution in [0, 0.1) is 12.7 Å². The largest absolute Gasteiger partial charge is 0.252 e. The number of nitrogens with zero attached hydrogens (tertiary/aromatic N) is 1. The van der Waals surface area contributed by atoms with Gasteiger partial charge in [-0.05, 0) is 47.0 Å². The second-order valence-electron chi connectivity index (χ2n) is 3.66. The van der Waals surface area contributed by atoms with Crippen LogP contribution in [0.2, 0.25) is 5.02 Å². The SMILES string of the molecule is CCc1cc(Cl)c2c(F)c(Br)cc(C)c2n1. The van der Waals surface area contributed by atoms with Crippen molar-refractivity contribution in [3.63, 3.8) is 0 Å². The summed E-state index contributed by atoms with van der Waals surface area (Å²) in [5.41, 5.74) is 2.44. The quantitative estimate of drug-likeness (QED) is 0.746. The highest BCUT2D eigenvalue weighted by Gasteiger charge is 2.13. The maximum Gasteiger partial charge on any atom is 0.148 e. The third-order valence-electron chi connectivity index (χ3n) is 2.53. The molecule has 1 aromatic carbocycles. The molecule has 0 amide bonds. The normalized spacial score (nSPS) is 11.1. The van der Waals surface area contributed by atoms with Crippen LogP contribution in [0.4, 0.5) is 4.39 Å². The van der Waals surface area contributed by atoms with E-state index in [1.807, 2.05) is 13.8 Å². The van der Waals surface area contributed by atoms with Gasteiger partial charge in [-0.1, -0.05) is 18.5 Å². The molecule has 2 aromatic rings. The van der Waals surface area contributed by atoms with Crippen molar-refractivity contribution in [3.8, 4) is 0 Å². The molecule has 0 saturated heterocycles. The van der Waals surface area contributed by atoms with Crippen molar-refractivity contribution in [2.24, 2.45) is 0 Å². The highest BCUT2D eigenvalue weighted by molar-refractivity contribution is 9.10. The highest BCUT2D eigenvalue weighted by Crippen LogP contribution is 2.32. The number of benzene rings is 1. The van der Waals surface area contributed by atoms with Crippen LogP contribution < -0.4 is 0 Å². The van der Waals surface area contributed by atoms with E-state index in [4.69, 9.17) is 11.6 Å². The summed E-state index contributed by atoms with van der Waals surface area (Å²) in [7, 11) is 0. The number of aryl methyl sites for hydroxylation is 2. The van der Waals surface area contributed by atoms with Gasteiger partial charge in [-0.2, -0.15) is 0 Å². The molecule has 16 heavy (non-hydrogen) atoms. The Bertz CT molecular complexity index is 569. The fourth-order valence-electron chi connectivity index (χ4n) is 1.68. The van der Waals surface area contributed by atoms with Crippen LogP contribution in [0.25, 0.3) is 10.9 Å². The van der Waals surface area contributed by atoms with Crippen molar-refractivity contribution in [3.05, 3.63) is 38.7 Å². The molecule has 1 nitrogen and oxygen atoms in total. The number of pyridine rings is 1. The van der Waals surface area contributed by atoms with Crippen molar-refractivity contribution in [2.45, 2.75) is 20.3 Å². The topological polar surface area (TPSA) is 12.9 Å². The van der Waals surface area contributed by atoms with Gasteiger partial charge in [-0.15, -0.1) is 0 Å². The Hall–Kier alpha value is -0.670. The molecule has 0 radical (unpaired) electrons. The van der Waals surface area contributed by atoms with Gasteiger partial charge in [0.2, 0.25) is 0 Å². The minimum atomic E-state index is -0.347. The predicted octanol–water partition coefficient (Wildman–Crippen LogP) is 4.66. The first-order chi connectivity index (χ1) is 7.54. The smallest absolute Gasteiger partial charge is 0.148 e. The third-order valence-corrected chi connectivity index (χ3v) is 3.41. The van der Waals surface area contributed by atoms with Crippen LogP contribution in [-0.4, -0.2) is 4.98 Å². The summed E-state index contributed by atoms with van der Waals surface area (Å²) in [4.78, 5) is 4.41. The number of rotatable bonds is 1. The van der Waals surface area contributed by atoms with Gasteiger partial charge in [0.05, 0.1) is 20.4 Å². The molecule has 84 valence electrons. The molecular weight excluding hydrogens is 292 g/mol. The molecule has 0 unspecified atom stereocenters. The van der Waals surface area contributed by atoms with E-state index in [-0.39, 0.29) is 5.82 Å². The molecule has 0 N–H and O–H groups in total. The van der Waals surface area contributed by atoms with E-state index in [0.29, 0.717) is 20.4 Å². The first kappa shape index (κ1) is 11.8.